The molecule has 1 aromatic carbocycles. The van der Waals surface area contributed by atoms with Crippen molar-refractivity contribution in [2.75, 3.05) is 18.4 Å². The van der Waals surface area contributed by atoms with Crippen molar-refractivity contribution < 1.29 is 0 Å². The van der Waals surface area contributed by atoms with Crippen LogP contribution in [0.3, 0.4) is 0 Å². The van der Waals surface area contributed by atoms with Gasteiger partial charge in [0.15, 0.2) is 0 Å². The van der Waals surface area contributed by atoms with Crippen LogP contribution in [0.15, 0.2) is 24.8 Å². The molecule has 0 aromatic heterocycles. The molecule has 2 heterocycles. The Kier molecular flexibility index (Phi) is 2.91. The molecule has 1 aromatic rings. The van der Waals surface area contributed by atoms with E-state index < -0.39 is 0 Å². The molecule has 90 valence electrons. The zero-order valence-corrected chi connectivity index (χ0v) is 12.0. The summed E-state index contributed by atoms with van der Waals surface area (Å²) in [5.74, 6) is 0. The van der Waals surface area contributed by atoms with Crippen LogP contribution in [0.4, 0.5) is 5.69 Å². The lowest BCUT2D eigenvalue weighted by molar-refractivity contribution is 0.341. The highest BCUT2D eigenvalue weighted by molar-refractivity contribution is 14.1. The predicted octanol–water partition coefficient (Wildman–Crippen LogP) is 3.24. The molecule has 0 saturated carbocycles. The molecule has 1 fully saturated rings. The molecule has 3 rings (SSSR count). The molecule has 0 bridgehead atoms. The first-order valence-electron chi connectivity index (χ1n) is 6.15. The van der Waals surface area contributed by atoms with Gasteiger partial charge >= 0.3 is 0 Å². The third kappa shape index (κ3) is 2.10. The quantitative estimate of drug-likeness (QED) is 0.709. The summed E-state index contributed by atoms with van der Waals surface area (Å²) in [7, 11) is 0. The van der Waals surface area contributed by atoms with Crippen molar-refractivity contribution >= 4 is 33.9 Å². The van der Waals surface area contributed by atoms with Crippen LogP contribution in [0, 0.1) is 3.57 Å². The molecule has 0 unspecified atom stereocenters. The normalized spacial score (nSPS) is 22.1. The van der Waals surface area contributed by atoms with Gasteiger partial charge in [0.05, 0.1) is 0 Å². The fraction of sp³-hybridized carbons (Fsp3) is 0.429. The van der Waals surface area contributed by atoms with Crippen molar-refractivity contribution in [2.24, 2.45) is 0 Å². The van der Waals surface area contributed by atoms with Crippen molar-refractivity contribution in [1.29, 1.82) is 0 Å². The van der Waals surface area contributed by atoms with Gasteiger partial charge in [-0.15, -0.1) is 0 Å². The van der Waals surface area contributed by atoms with Gasteiger partial charge in [-0.05, 0) is 78.7 Å². The lowest BCUT2D eigenvalue weighted by Gasteiger charge is -2.43. The molecule has 2 nitrogen and oxygen atoms in total. The number of hydrogen-bond acceptors (Lipinski definition) is 2. The van der Waals surface area contributed by atoms with Crippen molar-refractivity contribution in [3.63, 3.8) is 0 Å². The minimum absolute atomic E-state index is 0.252. The second-order valence-electron chi connectivity index (χ2n) is 5.13. The molecule has 0 radical (unpaired) electrons. The molecule has 1 spiro atoms. The van der Waals surface area contributed by atoms with E-state index in [1.807, 2.05) is 0 Å². The van der Waals surface area contributed by atoms with Gasteiger partial charge in [0, 0.05) is 20.4 Å². The van der Waals surface area contributed by atoms with E-state index in [1.165, 1.54) is 33.2 Å². The maximum atomic E-state index is 4.28. The summed E-state index contributed by atoms with van der Waals surface area (Å²) in [5.41, 5.74) is 4.12. The van der Waals surface area contributed by atoms with E-state index in [2.05, 4.69) is 58.0 Å². The molecular weight excluding hydrogens is 323 g/mol. The van der Waals surface area contributed by atoms with Crippen LogP contribution < -0.4 is 10.6 Å². The molecular formula is C14H17IN2. The SMILES string of the molecule is C=C1CC2(CCNCC2)Nc2ccc(I)cc21. The summed E-state index contributed by atoms with van der Waals surface area (Å²) >= 11 is 2.36. The lowest BCUT2D eigenvalue weighted by Crippen LogP contribution is -2.49. The van der Waals surface area contributed by atoms with Crippen LogP contribution in [0.2, 0.25) is 0 Å². The third-order valence-corrected chi connectivity index (χ3v) is 4.55. The van der Waals surface area contributed by atoms with Crippen molar-refractivity contribution in [1.82, 2.24) is 5.32 Å². The van der Waals surface area contributed by atoms with Crippen LogP contribution in [0.1, 0.15) is 24.8 Å². The Hall–Kier alpha value is -0.550. The molecule has 0 aliphatic carbocycles. The fourth-order valence-electron chi connectivity index (χ4n) is 2.96. The van der Waals surface area contributed by atoms with E-state index >= 15 is 0 Å². The number of nitrogens with one attached hydrogen (secondary N) is 2. The molecule has 2 aliphatic heterocycles. The maximum Gasteiger partial charge on any atom is 0.0438 e. The topological polar surface area (TPSA) is 24.1 Å². The van der Waals surface area contributed by atoms with Gasteiger partial charge in [-0.2, -0.15) is 0 Å². The molecule has 0 atom stereocenters. The van der Waals surface area contributed by atoms with Gasteiger partial charge in [0.2, 0.25) is 0 Å². The number of piperidine rings is 1. The van der Waals surface area contributed by atoms with Gasteiger partial charge < -0.3 is 10.6 Å². The Morgan fingerprint density at radius 1 is 1.24 bits per heavy atom. The van der Waals surface area contributed by atoms with Crippen LogP contribution in [0.25, 0.3) is 5.57 Å². The molecule has 2 aliphatic rings. The number of fused-ring (bicyclic) bond motifs is 1. The highest BCUT2D eigenvalue weighted by atomic mass is 127. The van der Waals surface area contributed by atoms with E-state index in [9.17, 15) is 0 Å². The Morgan fingerprint density at radius 3 is 2.76 bits per heavy atom. The van der Waals surface area contributed by atoms with E-state index in [4.69, 9.17) is 0 Å². The fourth-order valence-corrected chi connectivity index (χ4v) is 3.45. The zero-order chi connectivity index (χ0) is 11.9. The highest BCUT2D eigenvalue weighted by Gasteiger charge is 2.36. The van der Waals surface area contributed by atoms with Crippen molar-refractivity contribution in [3.8, 4) is 0 Å². The minimum atomic E-state index is 0.252. The molecule has 0 amide bonds. The summed E-state index contributed by atoms with van der Waals surface area (Å²) in [6.45, 7) is 6.50. The Balaban J connectivity index is 1.97. The predicted molar refractivity (Wildman–Crippen MR) is 81.3 cm³/mol. The number of anilines is 1. The molecule has 3 heteroatoms. The van der Waals surface area contributed by atoms with E-state index in [-0.39, 0.29) is 5.54 Å². The second kappa shape index (κ2) is 4.28. The number of rotatable bonds is 0. The monoisotopic (exact) mass is 340 g/mol. The summed E-state index contributed by atoms with van der Waals surface area (Å²) in [5, 5.41) is 7.20. The van der Waals surface area contributed by atoms with Crippen LogP contribution in [-0.4, -0.2) is 18.6 Å². The van der Waals surface area contributed by atoms with Gasteiger partial charge in [-0.25, -0.2) is 0 Å². The first kappa shape index (κ1) is 11.5. The Labute approximate surface area is 116 Å². The highest BCUT2D eigenvalue weighted by Crippen LogP contribution is 2.41. The van der Waals surface area contributed by atoms with Crippen molar-refractivity contribution in [3.05, 3.63) is 33.9 Å². The third-order valence-electron chi connectivity index (χ3n) is 3.87. The first-order chi connectivity index (χ1) is 8.19. The second-order valence-corrected chi connectivity index (χ2v) is 6.37. The average molecular weight is 340 g/mol. The van der Waals surface area contributed by atoms with Gasteiger partial charge in [-0.3, -0.25) is 0 Å². The maximum absolute atomic E-state index is 4.28. The van der Waals surface area contributed by atoms with Gasteiger partial charge in [-0.1, -0.05) is 6.58 Å². The van der Waals surface area contributed by atoms with Gasteiger partial charge in [0.1, 0.15) is 0 Å². The number of halogens is 1. The van der Waals surface area contributed by atoms with Gasteiger partial charge in [0.25, 0.3) is 0 Å². The zero-order valence-electron chi connectivity index (χ0n) is 9.85. The lowest BCUT2D eigenvalue weighted by atomic mass is 9.77. The number of benzene rings is 1. The Bertz CT molecular complexity index is 461. The van der Waals surface area contributed by atoms with E-state index in [0.717, 1.165) is 19.5 Å². The smallest absolute Gasteiger partial charge is 0.0438 e. The first-order valence-corrected chi connectivity index (χ1v) is 7.23. The van der Waals surface area contributed by atoms with Crippen molar-refractivity contribution in [2.45, 2.75) is 24.8 Å². The van der Waals surface area contributed by atoms with E-state index in [0.29, 0.717) is 0 Å². The summed E-state index contributed by atoms with van der Waals surface area (Å²) in [4.78, 5) is 0. The average Bonchev–Trinajstić information content (AvgIpc) is 2.31. The van der Waals surface area contributed by atoms with Crippen LogP contribution in [-0.2, 0) is 0 Å². The summed E-state index contributed by atoms with van der Waals surface area (Å²) in [6.07, 6.45) is 3.47. The summed E-state index contributed by atoms with van der Waals surface area (Å²) < 4.78 is 1.28. The standard InChI is InChI=1S/C14H17IN2/c1-10-9-14(4-6-16-7-5-14)17-13-3-2-11(15)8-12(10)13/h2-3,8,16-17H,1,4-7,9H2. The number of hydrogen-bond donors (Lipinski definition) is 2. The molecule has 2 N–H and O–H groups in total. The van der Waals surface area contributed by atoms with Crippen LogP contribution in [0.5, 0.6) is 0 Å². The van der Waals surface area contributed by atoms with Crippen LogP contribution >= 0.6 is 22.6 Å². The minimum Gasteiger partial charge on any atom is -0.379 e. The van der Waals surface area contributed by atoms with E-state index in [1.54, 1.807) is 0 Å². The molecule has 1 saturated heterocycles. The Morgan fingerprint density at radius 2 is 2.00 bits per heavy atom. The molecule has 17 heavy (non-hydrogen) atoms. The summed E-state index contributed by atoms with van der Waals surface area (Å²) in [6, 6.07) is 6.60. The largest absolute Gasteiger partial charge is 0.379 e.